The van der Waals surface area contributed by atoms with Gasteiger partial charge in [0.2, 0.25) is 11.9 Å². The molecule has 0 atom stereocenters. The van der Waals surface area contributed by atoms with Crippen molar-refractivity contribution in [2.75, 3.05) is 4.90 Å². The van der Waals surface area contributed by atoms with Crippen LogP contribution in [0.1, 0.15) is 32.1 Å². The van der Waals surface area contributed by atoms with Gasteiger partial charge < -0.3 is 16.5 Å². The molecule has 7 heteroatoms. The van der Waals surface area contributed by atoms with E-state index in [1.807, 2.05) is 23.1 Å². The fourth-order valence-electron chi connectivity index (χ4n) is 3.72. The van der Waals surface area contributed by atoms with E-state index in [4.69, 9.17) is 16.5 Å². The summed E-state index contributed by atoms with van der Waals surface area (Å²) in [5, 5.41) is 0. The molecule has 1 aromatic carbocycles. The van der Waals surface area contributed by atoms with Gasteiger partial charge in [0.1, 0.15) is 5.66 Å². The van der Waals surface area contributed by atoms with Crippen molar-refractivity contribution >= 4 is 17.6 Å². The van der Waals surface area contributed by atoms with Crippen molar-refractivity contribution in [1.29, 1.82) is 0 Å². The summed E-state index contributed by atoms with van der Waals surface area (Å²) in [4.78, 5) is 18.2. The second-order valence-electron chi connectivity index (χ2n) is 6.33. The molecule has 7 nitrogen and oxygen atoms in total. The van der Waals surface area contributed by atoms with Gasteiger partial charge in [-0.2, -0.15) is 4.99 Å². The first-order valence-corrected chi connectivity index (χ1v) is 8.26. The molecular weight excluding hydrogens is 302 g/mol. The van der Waals surface area contributed by atoms with Crippen LogP contribution in [0.25, 0.3) is 11.3 Å². The van der Waals surface area contributed by atoms with Gasteiger partial charge in [-0.15, -0.1) is 0 Å². The van der Waals surface area contributed by atoms with Gasteiger partial charge in [0, 0.05) is 11.3 Å². The Balaban J connectivity index is 1.79. The van der Waals surface area contributed by atoms with E-state index in [2.05, 4.69) is 21.0 Å². The highest BCUT2D eigenvalue weighted by atomic mass is 15.4. The molecule has 2 aliphatic rings. The van der Waals surface area contributed by atoms with Crippen molar-refractivity contribution < 1.29 is 0 Å². The molecule has 2 heterocycles. The molecule has 0 amide bonds. The molecule has 5 N–H and O–H groups in total. The summed E-state index contributed by atoms with van der Waals surface area (Å²) in [6.07, 6.45) is 8.78. The Kier molecular flexibility index (Phi) is 3.48. The van der Waals surface area contributed by atoms with E-state index in [1.165, 1.54) is 6.42 Å². The highest BCUT2D eigenvalue weighted by Gasteiger charge is 2.42. The summed E-state index contributed by atoms with van der Waals surface area (Å²) in [6, 6.07) is 8.18. The summed E-state index contributed by atoms with van der Waals surface area (Å²) in [7, 11) is 0. The number of imidazole rings is 1. The van der Waals surface area contributed by atoms with Crippen LogP contribution in [0.2, 0.25) is 0 Å². The lowest BCUT2D eigenvalue weighted by Gasteiger charge is -2.45. The average molecular weight is 323 g/mol. The molecule has 4 rings (SSSR count). The first kappa shape index (κ1) is 14.7. The van der Waals surface area contributed by atoms with Crippen molar-refractivity contribution in [2.45, 2.75) is 37.8 Å². The number of hydrogen-bond donors (Lipinski definition) is 3. The molecule has 1 aromatic heterocycles. The number of nitrogens with zero attached hydrogens (tertiary/aromatic N) is 4. The molecule has 24 heavy (non-hydrogen) atoms. The molecular formula is C17H21N7. The Hall–Kier alpha value is -2.83. The van der Waals surface area contributed by atoms with Gasteiger partial charge in [0.25, 0.3) is 0 Å². The van der Waals surface area contributed by atoms with Gasteiger partial charge in [-0.1, -0.05) is 18.6 Å². The second kappa shape index (κ2) is 5.67. The molecule has 0 radical (unpaired) electrons. The van der Waals surface area contributed by atoms with Crippen LogP contribution in [0, 0.1) is 0 Å². The van der Waals surface area contributed by atoms with E-state index in [-0.39, 0.29) is 5.96 Å². The first-order valence-electron chi connectivity index (χ1n) is 8.26. The summed E-state index contributed by atoms with van der Waals surface area (Å²) < 4.78 is 0. The quantitative estimate of drug-likeness (QED) is 0.787. The highest BCUT2D eigenvalue weighted by Crippen LogP contribution is 2.40. The number of rotatable bonds is 2. The van der Waals surface area contributed by atoms with Gasteiger partial charge in [-0.3, -0.25) is 4.90 Å². The number of guanidine groups is 2. The third-order valence-corrected chi connectivity index (χ3v) is 4.76. The minimum absolute atomic E-state index is 0.273. The number of nitrogens with two attached hydrogens (primary N) is 2. The number of hydrogen-bond acceptors (Lipinski definition) is 6. The number of H-pyrrole nitrogens is 1. The molecule has 1 fully saturated rings. The molecule has 124 valence electrons. The maximum Gasteiger partial charge on any atom is 0.220 e. The van der Waals surface area contributed by atoms with Gasteiger partial charge in [0.15, 0.2) is 0 Å². The molecule has 0 bridgehead atoms. The predicted octanol–water partition coefficient (Wildman–Crippen LogP) is 2.19. The van der Waals surface area contributed by atoms with E-state index in [9.17, 15) is 0 Å². The largest absolute Gasteiger partial charge is 0.369 e. The minimum atomic E-state index is -0.416. The van der Waals surface area contributed by atoms with Crippen LogP contribution in [0.5, 0.6) is 0 Å². The Morgan fingerprint density at radius 1 is 1.12 bits per heavy atom. The second-order valence-corrected chi connectivity index (χ2v) is 6.33. The third-order valence-electron chi connectivity index (χ3n) is 4.76. The van der Waals surface area contributed by atoms with E-state index in [0.29, 0.717) is 5.96 Å². The van der Waals surface area contributed by atoms with Crippen LogP contribution in [0.15, 0.2) is 46.8 Å². The summed E-state index contributed by atoms with van der Waals surface area (Å²) in [6.45, 7) is 0. The van der Waals surface area contributed by atoms with Crippen molar-refractivity contribution in [1.82, 2.24) is 9.97 Å². The monoisotopic (exact) mass is 323 g/mol. The smallest absolute Gasteiger partial charge is 0.220 e. The number of nitrogens with one attached hydrogen (secondary N) is 1. The zero-order valence-corrected chi connectivity index (χ0v) is 13.4. The standard InChI is InChI=1S/C17H21N7/c18-15-22-16(19)24(17(23-15)7-2-1-3-8-17)13-6-4-5-12(9-13)14-10-20-11-21-14/h4-6,9-11H,1-3,7-8H2,(H,20,21)(H4,18,19,22,23). The maximum atomic E-state index is 6.27. The molecule has 1 aliphatic heterocycles. The van der Waals surface area contributed by atoms with Gasteiger partial charge in [-0.05, 0) is 37.8 Å². The molecule has 0 saturated heterocycles. The van der Waals surface area contributed by atoms with Crippen molar-refractivity contribution in [3.05, 3.63) is 36.8 Å². The maximum absolute atomic E-state index is 6.27. The fraction of sp³-hybridized carbons (Fsp3) is 0.353. The predicted molar refractivity (Wildman–Crippen MR) is 95.6 cm³/mol. The first-order chi connectivity index (χ1) is 11.7. The van der Waals surface area contributed by atoms with Crippen molar-refractivity contribution in [3.63, 3.8) is 0 Å². The third kappa shape index (κ3) is 2.42. The van der Waals surface area contributed by atoms with Crippen LogP contribution in [-0.2, 0) is 0 Å². The van der Waals surface area contributed by atoms with Crippen molar-refractivity contribution in [3.8, 4) is 11.3 Å². The van der Waals surface area contributed by atoms with Crippen LogP contribution < -0.4 is 16.4 Å². The molecule has 2 aromatic rings. The van der Waals surface area contributed by atoms with Crippen LogP contribution in [0.4, 0.5) is 5.69 Å². The average Bonchev–Trinajstić information content (AvgIpc) is 3.09. The highest BCUT2D eigenvalue weighted by molar-refractivity contribution is 6.05. The Labute approximate surface area is 140 Å². The Morgan fingerprint density at radius 3 is 2.71 bits per heavy atom. The SMILES string of the molecule is NC1=NC2(CCCCC2)N(c2cccc(-c3cnc[nH]3)c2)C(N)=N1. The fourth-order valence-corrected chi connectivity index (χ4v) is 3.72. The molecule has 1 aliphatic carbocycles. The Bertz CT molecular complexity index is 785. The lowest BCUT2D eigenvalue weighted by molar-refractivity contribution is 0.305. The molecule has 1 saturated carbocycles. The van der Waals surface area contributed by atoms with Gasteiger partial charge >= 0.3 is 0 Å². The molecule has 0 unspecified atom stereocenters. The van der Waals surface area contributed by atoms with Crippen LogP contribution in [-0.4, -0.2) is 27.5 Å². The van der Waals surface area contributed by atoms with Crippen molar-refractivity contribution in [2.24, 2.45) is 21.5 Å². The van der Waals surface area contributed by atoms with E-state index < -0.39 is 5.66 Å². The van der Waals surface area contributed by atoms with Crippen LogP contribution >= 0.6 is 0 Å². The van der Waals surface area contributed by atoms with Crippen LogP contribution in [0.3, 0.4) is 0 Å². The normalized spacial score (nSPS) is 19.9. The number of aromatic amines is 1. The topological polar surface area (TPSA) is 109 Å². The van der Waals surface area contributed by atoms with E-state index >= 15 is 0 Å². The zero-order valence-electron chi connectivity index (χ0n) is 13.4. The van der Waals surface area contributed by atoms with Gasteiger partial charge in [0.05, 0.1) is 18.2 Å². The number of aliphatic imine (C=N–C) groups is 2. The number of aromatic nitrogens is 2. The van der Waals surface area contributed by atoms with E-state index in [1.54, 1.807) is 12.5 Å². The Morgan fingerprint density at radius 2 is 1.96 bits per heavy atom. The lowest BCUT2D eigenvalue weighted by Crippen LogP contribution is -2.58. The minimum Gasteiger partial charge on any atom is -0.369 e. The zero-order chi connectivity index (χ0) is 16.6. The van der Waals surface area contributed by atoms with Gasteiger partial charge in [-0.25, -0.2) is 9.98 Å². The summed E-state index contributed by atoms with van der Waals surface area (Å²) >= 11 is 0. The molecule has 1 spiro atoms. The summed E-state index contributed by atoms with van der Waals surface area (Å²) in [5.74, 6) is 0.682. The van der Waals surface area contributed by atoms with E-state index in [0.717, 1.165) is 42.6 Å². The lowest BCUT2D eigenvalue weighted by atomic mass is 9.87. The summed E-state index contributed by atoms with van der Waals surface area (Å²) in [5.41, 5.74) is 14.8. The number of anilines is 1. The number of benzene rings is 1.